The fraction of sp³-hybridized carbons (Fsp3) is 0.364. The minimum atomic E-state index is -0.198. The molecule has 0 aliphatic heterocycles. The number of benzene rings is 2. The average molecular weight is 580 g/mol. The summed E-state index contributed by atoms with van der Waals surface area (Å²) in [6.45, 7) is 9.05. The molecule has 0 bridgehead atoms. The number of anilines is 2. The molecule has 3 N–H and O–H groups in total. The van der Waals surface area contributed by atoms with Gasteiger partial charge < -0.3 is 15.0 Å². The minimum Gasteiger partial charge on any atom is -0.383 e. The molecule has 1 aliphatic carbocycles. The van der Waals surface area contributed by atoms with Gasteiger partial charge in [-0.1, -0.05) is 73.6 Å². The molecule has 10 heteroatoms. The van der Waals surface area contributed by atoms with E-state index >= 15 is 0 Å². The average Bonchev–Trinajstić information content (AvgIpc) is 3.59. The van der Waals surface area contributed by atoms with E-state index in [2.05, 4.69) is 46.4 Å². The van der Waals surface area contributed by atoms with Crippen molar-refractivity contribution in [3.05, 3.63) is 83.8 Å². The number of nitrogens with two attached hydrogens (primary N) is 1. The summed E-state index contributed by atoms with van der Waals surface area (Å²) in [4.78, 5) is 21.4. The highest BCUT2D eigenvalue weighted by Crippen LogP contribution is 2.45. The molecule has 1 fully saturated rings. The maximum atomic E-state index is 12.9. The largest absolute Gasteiger partial charge is 0.383 e. The first-order valence-electron chi connectivity index (χ1n) is 14.7. The molecule has 3 aromatic heterocycles. The van der Waals surface area contributed by atoms with Crippen molar-refractivity contribution in [2.45, 2.75) is 71.1 Å². The van der Waals surface area contributed by atoms with Crippen LogP contribution in [0.1, 0.15) is 63.4 Å². The summed E-state index contributed by atoms with van der Waals surface area (Å²) in [5.74, 6) is 0.977. The van der Waals surface area contributed by atoms with Crippen LogP contribution in [0.4, 0.5) is 11.7 Å². The van der Waals surface area contributed by atoms with E-state index in [-0.39, 0.29) is 29.9 Å². The van der Waals surface area contributed by atoms with Crippen molar-refractivity contribution in [1.29, 1.82) is 0 Å². The van der Waals surface area contributed by atoms with Gasteiger partial charge in [0.2, 0.25) is 11.8 Å². The molecule has 222 valence electrons. The Morgan fingerprint density at radius 2 is 1.84 bits per heavy atom. The first kappa shape index (κ1) is 28.5. The number of nitrogens with one attached hydrogen (secondary N) is 1. The van der Waals surface area contributed by atoms with Crippen molar-refractivity contribution in [3.8, 4) is 11.3 Å². The smallest absolute Gasteiger partial charge is 0.231 e. The molecule has 1 aliphatic rings. The van der Waals surface area contributed by atoms with Gasteiger partial charge in [-0.15, -0.1) is 0 Å². The molecular weight excluding hydrogens is 542 g/mol. The Morgan fingerprint density at radius 3 is 2.56 bits per heavy atom. The summed E-state index contributed by atoms with van der Waals surface area (Å²) >= 11 is 0. The third-order valence-electron chi connectivity index (χ3n) is 8.48. The highest BCUT2D eigenvalue weighted by atomic mass is 16.5. The quantitative estimate of drug-likeness (QED) is 0.203. The van der Waals surface area contributed by atoms with Gasteiger partial charge in [0, 0.05) is 23.1 Å². The number of fused-ring (bicyclic) bond motifs is 1. The summed E-state index contributed by atoms with van der Waals surface area (Å²) in [6, 6.07) is 19.9. The minimum absolute atomic E-state index is 0.111. The van der Waals surface area contributed by atoms with Gasteiger partial charge >= 0.3 is 0 Å². The number of carbonyl (C=O) groups is 1. The molecule has 0 unspecified atom stereocenters. The lowest BCUT2D eigenvalue weighted by Gasteiger charge is -2.44. The van der Waals surface area contributed by atoms with Gasteiger partial charge in [0.05, 0.1) is 30.2 Å². The standard InChI is InChI=1S/C33H37N7O3/c1-20(2)40-32-29(31(34)35-19-36-32)30(38-40)23-12-10-21(11-13-23)14-27(41)37-28-17-26(39-43-28)33(3,4)24-15-25(16-24)42-18-22-8-6-5-7-9-22/h5-13,17,19-20,24-25H,14-16,18H2,1-4H3,(H,37,41)(H2,34,35,36). The van der Waals surface area contributed by atoms with Gasteiger partial charge in [-0.25, -0.2) is 14.6 Å². The maximum Gasteiger partial charge on any atom is 0.231 e. The number of carbonyl (C=O) groups excluding carboxylic acids is 1. The second-order valence-electron chi connectivity index (χ2n) is 12.2. The third-order valence-corrected chi connectivity index (χ3v) is 8.48. The summed E-state index contributed by atoms with van der Waals surface area (Å²) in [6.07, 6.45) is 3.83. The summed E-state index contributed by atoms with van der Waals surface area (Å²) in [7, 11) is 0. The van der Waals surface area contributed by atoms with E-state index in [0.29, 0.717) is 29.9 Å². The zero-order chi connectivity index (χ0) is 30.1. The van der Waals surface area contributed by atoms with Crippen LogP contribution in [0.3, 0.4) is 0 Å². The van der Waals surface area contributed by atoms with Crippen LogP contribution in [-0.4, -0.2) is 36.9 Å². The lowest BCUT2D eigenvalue weighted by Crippen LogP contribution is -2.42. The highest BCUT2D eigenvalue weighted by Gasteiger charge is 2.43. The van der Waals surface area contributed by atoms with Crippen LogP contribution in [0.2, 0.25) is 0 Å². The molecule has 5 aromatic rings. The monoisotopic (exact) mass is 579 g/mol. The van der Waals surface area contributed by atoms with Gasteiger partial charge in [-0.2, -0.15) is 5.10 Å². The molecule has 43 heavy (non-hydrogen) atoms. The summed E-state index contributed by atoms with van der Waals surface area (Å²) < 4.78 is 13.5. The molecule has 0 spiro atoms. The molecule has 0 radical (unpaired) electrons. The van der Waals surface area contributed by atoms with Crippen molar-refractivity contribution >= 4 is 28.6 Å². The second-order valence-corrected chi connectivity index (χ2v) is 12.2. The fourth-order valence-electron chi connectivity index (χ4n) is 5.63. The van der Waals surface area contributed by atoms with Crippen molar-refractivity contribution in [3.63, 3.8) is 0 Å². The molecule has 1 saturated carbocycles. The summed E-state index contributed by atoms with van der Waals surface area (Å²) in [5.41, 5.74) is 11.2. The number of aromatic nitrogens is 5. The zero-order valence-corrected chi connectivity index (χ0v) is 24.9. The third kappa shape index (κ3) is 5.87. The van der Waals surface area contributed by atoms with Gasteiger partial charge in [-0.05, 0) is 43.7 Å². The lowest BCUT2D eigenvalue weighted by molar-refractivity contribution is -0.115. The molecule has 1 amide bonds. The van der Waals surface area contributed by atoms with E-state index in [4.69, 9.17) is 20.1 Å². The number of hydrogen-bond donors (Lipinski definition) is 2. The van der Waals surface area contributed by atoms with Gasteiger partial charge in [0.1, 0.15) is 17.8 Å². The van der Waals surface area contributed by atoms with E-state index < -0.39 is 0 Å². The first-order chi connectivity index (χ1) is 20.7. The molecule has 10 nitrogen and oxygen atoms in total. The van der Waals surface area contributed by atoms with Crippen molar-refractivity contribution in [1.82, 2.24) is 24.9 Å². The van der Waals surface area contributed by atoms with Crippen molar-refractivity contribution in [2.24, 2.45) is 5.92 Å². The normalized spacial score (nSPS) is 16.9. The van der Waals surface area contributed by atoms with Gasteiger partial charge in [0.25, 0.3) is 0 Å². The predicted molar refractivity (Wildman–Crippen MR) is 165 cm³/mol. The van der Waals surface area contributed by atoms with Crippen molar-refractivity contribution < 1.29 is 14.1 Å². The van der Waals surface area contributed by atoms with Gasteiger partial charge in [-0.3, -0.25) is 10.1 Å². The number of ether oxygens (including phenoxy) is 1. The maximum absolute atomic E-state index is 12.9. The number of nitrogen functional groups attached to an aromatic ring is 1. The lowest BCUT2D eigenvalue weighted by atomic mass is 9.64. The first-order valence-corrected chi connectivity index (χ1v) is 14.7. The fourth-order valence-corrected chi connectivity index (χ4v) is 5.63. The Kier molecular flexibility index (Phi) is 7.70. The van der Waals surface area contributed by atoms with Crippen LogP contribution in [0, 0.1) is 5.92 Å². The van der Waals surface area contributed by atoms with Crippen LogP contribution in [-0.2, 0) is 28.0 Å². The molecule has 6 rings (SSSR count). The SMILES string of the molecule is CC(C)n1nc(-c2ccc(CC(=O)Nc3cc(C(C)(C)C4CC(OCc5ccccc5)C4)no3)cc2)c2c(N)ncnc21. The van der Waals surface area contributed by atoms with E-state index in [1.54, 1.807) is 0 Å². The number of rotatable bonds is 10. The second kappa shape index (κ2) is 11.6. The van der Waals surface area contributed by atoms with Crippen molar-refractivity contribution in [2.75, 3.05) is 11.1 Å². The Hall–Kier alpha value is -4.57. The van der Waals surface area contributed by atoms with Crippen LogP contribution in [0.5, 0.6) is 0 Å². The van der Waals surface area contributed by atoms with Gasteiger partial charge in [0.15, 0.2) is 5.65 Å². The topological polar surface area (TPSA) is 134 Å². The van der Waals surface area contributed by atoms with Crippen LogP contribution < -0.4 is 11.1 Å². The molecule has 2 aromatic carbocycles. The van der Waals surface area contributed by atoms with E-state index in [1.165, 1.54) is 11.9 Å². The van der Waals surface area contributed by atoms with E-state index in [0.717, 1.165) is 40.7 Å². The van der Waals surface area contributed by atoms with E-state index in [9.17, 15) is 4.79 Å². The highest BCUT2D eigenvalue weighted by molar-refractivity contribution is 5.98. The number of amides is 1. The molecule has 0 saturated heterocycles. The van der Waals surface area contributed by atoms with Crippen LogP contribution in [0.25, 0.3) is 22.3 Å². The molecular formula is C33H37N7O3. The Balaban J connectivity index is 1.05. The molecule has 0 atom stereocenters. The van der Waals surface area contributed by atoms with Crippen LogP contribution in [0.15, 0.2) is 71.5 Å². The number of nitrogens with zero attached hydrogens (tertiary/aromatic N) is 5. The Labute approximate surface area is 250 Å². The molecule has 3 heterocycles. The Bertz CT molecular complexity index is 1720. The van der Waals surface area contributed by atoms with Crippen LogP contribution >= 0.6 is 0 Å². The zero-order valence-electron chi connectivity index (χ0n) is 24.9. The summed E-state index contributed by atoms with van der Waals surface area (Å²) in [5, 5.41) is 12.6. The number of hydrogen-bond acceptors (Lipinski definition) is 8. The Morgan fingerprint density at radius 1 is 1.09 bits per heavy atom. The van der Waals surface area contributed by atoms with E-state index in [1.807, 2.05) is 67.1 Å². The predicted octanol–water partition coefficient (Wildman–Crippen LogP) is 6.10.